The number of halogens is 2. The molecule has 400 valence electrons. The summed E-state index contributed by atoms with van der Waals surface area (Å²) in [5.41, 5.74) is -8.00. The lowest BCUT2D eigenvalue weighted by molar-refractivity contribution is -0.227. The Morgan fingerprint density at radius 1 is 0.775 bits per heavy atom. The van der Waals surface area contributed by atoms with E-state index in [-0.39, 0.29) is 55.5 Å². The molecular weight excluding hydrogens is 943 g/mol. The third kappa shape index (κ3) is 9.94. The molecule has 11 aliphatic rings. The fraction of sp³-hybridized carbons (Fsp3) is 0.907. The van der Waals surface area contributed by atoms with Crippen molar-refractivity contribution in [1.29, 1.82) is 0 Å². The van der Waals surface area contributed by atoms with E-state index in [0.29, 0.717) is 74.7 Å². The fourth-order valence-electron chi connectivity index (χ4n) is 17.7. The van der Waals surface area contributed by atoms with Gasteiger partial charge in [-0.15, -0.1) is 0 Å². The Balaban J connectivity index is 1.07. The highest BCUT2D eigenvalue weighted by molar-refractivity contribution is 7.87. The van der Waals surface area contributed by atoms with Gasteiger partial charge >= 0.3 is 45.2 Å². The average Bonchev–Trinajstić information content (AvgIpc) is 3.97. The van der Waals surface area contributed by atoms with Crippen LogP contribution in [0, 0.1) is 80.8 Å². The van der Waals surface area contributed by atoms with Crippen molar-refractivity contribution < 1.29 is 74.1 Å². The smallest absolute Gasteiger partial charge is 0.403 e. The quantitative estimate of drug-likeness (QED) is 0.0689. The number of fused-ring (bicyclic) bond motifs is 2. The predicted molar refractivity (Wildman–Crippen MR) is 252 cm³/mol. The second-order valence-electron chi connectivity index (χ2n) is 26.9. The molecule has 10 unspecified atom stereocenters. The number of hydrogen-bond donors (Lipinski definition) is 1. The van der Waals surface area contributed by atoms with Crippen LogP contribution in [0.3, 0.4) is 0 Å². The number of ether oxygens (including phenoxy) is 5. The van der Waals surface area contributed by atoms with Gasteiger partial charge in [0.15, 0.2) is 6.61 Å². The van der Waals surface area contributed by atoms with Gasteiger partial charge in [0.2, 0.25) is 6.10 Å². The molecule has 11 fully saturated rings. The first-order valence-corrected chi connectivity index (χ1v) is 28.2. The van der Waals surface area contributed by atoms with E-state index in [0.717, 1.165) is 44.9 Å². The minimum Gasteiger partial charge on any atom is -0.463 e. The summed E-state index contributed by atoms with van der Waals surface area (Å²) in [5.74, 6) is -1.95. The molecule has 11 rings (SSSR count). The second kappa shape index (κ2) is 18.1. The molecule has 0 radical (unpaired) electrons. The Kier molecular flexibility index (Phi) is 13.5. The van der Waals surface area contributed by atoms with E-state index < -0.39 is 103 Å². The summed E-state index contributed by atoms with van der Waals surface area (Å²) in [6.45, 7) is 10.7. The van der Waals surface area contributed by atoms with Crippen molar-refractivity contribution in [2.45, 2.75) is 205 Å². The van der Waals surface area contributed by atoms with E-state index in [9.17, 15) is 31.9 Å². The molecule has 0 aromatic rings. The molecule has 0 aromatic heterocycles. The van der Waals surface area contributed by atoms with Crippen molar-refractivity contribution in [3.05, 3.63) is 0 Å². The van der Waals surface area contributed by atoms with Crippen molar-refractivity contribution in [1.82, 2.24) is 0 Å². The highest BCUT2D eigenvalue weighted by Gasteiger charge is 2.63. The van der Waals surface area contributed by atoms with Gasteiger partial charge in [0.25, 0.3) is 0 Å². The maximum absolute atomic E-state index is 15.6. The highest BCUT2D eigenvalue weighted by atomic mass is 32.2. The van der Waals surface area contributed by atoms with Crippen molar-refractivity contribution in [3.63, 3.8) is 0 Å². The average molecular weight is 1020 g/mol. The SMILES string of the molecule is COS(=O)(=O)C(F)(F)COC(=O)C(C)(C)CC(C)(CC(CC(C)(CC1C2CCC(C2)C1C)C(=O)OC(C)(C)C12CC3CC(CC(C3)C1)C2)C(=O)OC1CCOC1=O)C(=O)OC12CC3CC(CC(O)(C3)C1)C2. The number of rotatable bonds is 20. The molecule has 71 heavy (non-hydrogen) atoms. The molecule has 10 saturated carbocycles. The van der Waals surface area contributed by atoms with Crippen LogP contribution in [0.5, 0.6) is 0 Å². The van der Waals surface area contributed by atoms with Crippen molar-refractivity contribution in [2.75, 3.05) is 20.3 Å². The Morgan fingerprint density at radius 2 is 1.35 bits per heavy atom. The van der Waals surface area contributed by atoms with Crippen LogP contribution in [0.2, 0.25) is 0 Å². The van der Waals surface area contributed by atoms with Crippen molar-refractivity contribution >= 4 is 40.0 Å². The fourth-order valence-corrected chi connectivity index (χ4v) is 18.1. The molecule has 0 aromatic carbocycles. The summed E-state index contributed by atoms with van der Waals surface area (Å²) in [4.78, 5) is 72.9. The summed E-state index contributed by atoms with van der Waals surface area (Å²) < 4.78 is 87.6. The maximum Gasteiger partial charge on any atom is 0.403 e. The molecule has 14 nitrogen and oxygen atoms in total. The molecule has 1 aliphatic heterocycles. The van der Waals surface area contributed by atoms with Crippen LogP contribution in [-0.4, -0.2) is 91.9 Å². The van der Waals surface area contributed by atoms with Crippen LogP contribution in [0.4, 0.5) is 8.78 Å². The van der Waals surface area contributed by atoms with E-state index in [4.69, 9.17) is 23.7 Å². The number of aliphatic hydroxyl groups is 1. The Labute approximate surface area is 418 Å². The topological polar surface area (TPSA) is 195 Å². The molecule has 0 spiro atoms. The predicted octanol–water partition coefficient (Wildman–Crippen LogP) is 9.02. The van der Waals surface area contributed by atoms with Gasteiger partial charge in [-0.25, -0.2) is 4.79 Å². The van der Waals surface area contributed by atoms with Crippen molar-refractivity contribution in [2.24, 2.45) is 80.8 Å². The largest absolute Gasteiger partial charge is 0.463 e. The molecule has 10 aliphatic carbocycles. The minimum atomic E-state index is -5.45. The maximum atomic E-state index is 15.6. The second-order valence-corrected chi connectivity index (χ2v) is 28.8. The number of carbonyl (C=O) groups excluding carboxylic acids is 5. The first kappa shape index (κ1) is 52.9. The number of alkyl halides is 2. The summed E-state index contributed by atoms with van der Waals surface area (Å²) in [6, 6.07) is 0. The lowest BCUT2D eigenvalue weighted by Gasteiger charge is -2.61. The van der Waals surface area contributed by atoms with E-state index in [1.165, 1.54) is 40.0 Å². The normalized spacial score (nSPS) is 39.1. The monoisotopic (exact) mass is 1020 g/mol. The van der Waals surface area contributed by atoms with E-state index in [2.05, 4.69) is 11.1 Å². The zero-order valence-electron chi connectivity index (χ0n) is 43.3. The zero-order chi connectivity index (χ0) is 51.5. The van der Waals surface area contributed by atoms with Crippen LogP contribution in [0.15, 0.2) is 0 Å². The molecule has 1 heterocycles. The Hall–Kier alpha value is -2.92. The molecule has 0 amide bonds. The lowest BCUT2D eigenvalue weighted by atomic mass is 9.46. The lowest BCUT2D eigenvalue weighted by Crippen LogP contribution is -2.61. The van der Waals surface area contributed by atoms with Gasteiger partial charge in [-0.2, -0.15) is 17.2 Å². The first-order chi connectivity index (χ1) is 32.9. The summed E-state index contributed by atoms with van der Waals surface area (Å²) in [5, 5.41) is 7.10. The number of carbonyl (C=O) groups is 5. The number of cyclic esters (lactones) is 1. The standard InChI is InChI=1S/C54H80F2O14S/c1-31-37-9-10-38(17-37)40(31)27-49(6,45(60)69-48(4,5)51-18-32-13-33(19-51)15-34(14-32)20-51)25-39(42(57)68-41-11-12-66-43(41)58)26-50(7,28-47(2,3)44(59)67-30-54(55,56)71(63,64)65-8)46(61)70-53-23-35-16-36(24-53)22-52(62,21-35)29-53/h31-41,62H,9-30H2,1-8H3. The molecule has 10 bridgehead atoms. The van der Waals surface area contributed by atoms with Gasteiger partial charge in [-0.05, 0) is 210 Å². The van der Waals surface area contributed by atoms with Crippen LogP contribution in [-0.2, 0) is 62.0 Å². The van der Waals surface area contributed by atoms with Crippen molar-refractivity contribution in [3.8, 4) is 0 Å². The summed E-state index contributed by atoms with van der Waals surface area (Å²) >= 11 is 0. The van der Waals surface area contributed by atoms with Gasteiger partial charge in [-0.3, -0.25) is 23.4 Å². The van der Waals surface area contributed by atoms with Crippen LogP contribution >= 0.6 is 0 Å². The third-order valence-electron chi connectivity index (χ3n) is 20.4. The van der Waals surface area contributed by atoms with Crippen LogP contribution in [0.25, 0.3) is 0 Å². The Morgan fingerprint density at radius 3 is 1.89 bits per heavy atom. The molecule has 1 N–H and O–H groups in total. The zero-order valence-corrected chi connectivity index (χ0v) is 44.1. The third-order valence-corrected chi connectivity index (χ3v) is 21.7. The summed E-state index contributed by atoms with van der Waals surface area (Å²) in [7, 11) is -4.88. The summed E-state index contributed by atoms with van der Waals surface area (Å²) in [6.07, 6.45) is 11.5. The Bertz CT molecular complexity index is 2190. The molecule has 17 heteroatoms. The number of hydrogen-bond acceptors (Lipinski definition) is 14. The van der Waals surface area contributed by atoms with Crippen LogP contribution < -0.4 is 0 Å². The van der Waals surface area contributed by atoms with E-state index in [1.54, 1.807) is 0 Å². The number of esters is 5. The van der Waals surface area contributed by atoms with Gasteiger partial charge in [0.05, 0.1) is 41.5 Å². The van der Waals surface area contributed by atoms with Gasteiger partial charge in [0, 0.05) is 18.3 Å². The highest BCUT2D eigenvalue weighted by Crippen LogP contribution is 2.65. The van der Waals surface area contributed by atoms with Gasteiger partial charge in [0.1, 0.15) is 11.2 Å². The molecule has 1 saturated heterocycles. The minimum absolute atomic E-state index is 0.0362. The van der Waals surface area contributed by atoms with E-state index in [1.807, 2.05) is 20.8 Å². The first-order valence-electron chi connectivity index (χ1n) is 26.8. The molecule has 10 atom stereocenters. The van der Waals surface area contributed by atoms with Gasteiger partial charge < -0.3 is 28.8 Å². The van der Waals surface area contributed by atoms with E-state index >= 15 is 14.4 Å². The molecular formula is C54H80F2O14S. The van der Waals surface area contributed by atoms with Crippen LogP contribution in [0.1, 0.15) is 177 Å². The van der Waals surface area contributed by atoms with Gasteiger partial charge in [-0.1, -0.05) is 6.92 Å².